The van der Waals surface area contributed by atoms with Crippen LogP contribution >= 0.6 is 41.2 Å². The lowest BCUT2D eigenvalue weighted by molar-refractivity contribution is 1.18. The van der Waals surface area contributed by atoms with Crippen LogP contribution in [0.3, 0.4) is 0 Å². The Balaban J connectivity index is 2.75. The average molecular weight is 187 g/mol. The number of thiol groups is 2. The van der Waals surface area contributed by atoms with Crippen LogP contribution in [0.15, 0.2) is 0 Å². The molecule has 0 aliphatic carbocycles. The molecule has 0 aliphatic rings. The molecule has 0 spiro atoms. The van der Waals surface area contributed by atoms with Crippen molar-refractivity contribution >= 4 is 41.2 Å². The zero-order chi connectivity index (χ0) is 4.99. The monoisotopic (exact) mass is 186 g/mol. The highest BCUT2D eigenvalue weighted by molar-refractivity contribution is 9.09. The van der Waals surface area contributed by atoms with Crippen LogP contribution in [0, 0.1) is 0 Å². The van der Waals surface area contributed by atoms with Crippen LogP contribution in [0.2, 0.25) is 0 Å². The van der Waals surface area contributed by atoms with E-state index in [0.29, 0.717) is 5.25 Å². The molecule has 0 nitrogen and oxygen atoms in total. The van der Waals surface area contributed by atoms with Gasteiger partial charge in [0.15, 0.2) is 0 Å². The Morgan fingerprint density at radius 2 is 2.17 bits per heavy atom. The predicted molar refractivity (Wildman–Crippen MR) is 40.4 cm³/mol. The van der Waals surface area contributed by atoms with E-state index in [1.807, 2.05) is 0 Å². The summed E-state index contributed by atoms with van der Waals surface area (Å²) in [6.45, 7) is 0. The fourth-order valence-electron chi connectivity index (χ4n) is 0.0488. The summed E-state index contributed by atoms with van der Waals surface area (Å²) in [5, 5.41) is 1.34. The van der Waals surface area contributed by atoms with E-state index in [1.54, 1.807) is 0 Å². The molecule has 0 fully saturated rings. The third-order valence-corrected chi connectivity index (χ3v) is 2.76. The van der Waals surface area contributed by atoms with Crippen molar-refractivity contribution in [3.05, 3.63) is 0 Å². The van der Waals surface area contributed by atoms with Crippen molar-refractivity contribution in [3.63, 3.8) is 0 Å². The van der Waals surface area contributed by atoms with Gasteiger partial charge in [0.05, 0.1) is 0 Å². The molecule has 0 rings (SSSR count). The van der Waals surface area contributed by atoms with E-state index < -0.39 is 0 Å². The smallest absolute Gasteiger partial charge is 0.0202 e. The molecule has 0 aromatic heterocycles. The van der Waals surface area contributed by atoms with Gasteiger partial charge in [-0.05, 0) is 0 Å². The quantitative estimate of drug-likeness (QED) is 0.476. The summed E-state index contributed by atoms with van der Waals surface area (Å²) < 4.78 is 0. The highest BCUT2D eigenvalue weighted by atomic mass is 79.9. The molecule has 0 aromatic carbocycles. The maximum Gasteiger partial charge on any atom is 0.0202 e. The van der Waals surface area contributed by atoms with E-state index in [0.717, 1.165) is 11.1 Å². The first-order valence-electron chi connectivity index (χ1n) is 1.66. The van der Waals surface area contributed by atoms with Gasteiger partial charge in [-0.2, -0.15) is 25.3 Å². The topological polar surface area (TPSA) is 0 Å². The largest absolute Gasteiger partial charge is 0.178 e. The summed E-state index contributed by atoms with van der Waals surface area (Å²) in [6.07, 6.45) is 0. The standard InChI is InChI=1S/C3H7BrS2/c4-1-3(6)2-5/h3,5-6H,1-2H2. The van der Waals surface area contributed by atoms with Gasteiger partial charge in [0, 0.05) is 16.3 Å². The summed E-state index contributed by atoms with van der Waals surface area (Å²) in [7, 11) is 0. The molecule has 38 valence electrons. The third-order valence-electron chi connectivity index (χ3n) is 0.389. The fourth-order valence-corrected chi connectivity index (χ4v) is 0.761. The van der Waals surface area contributed by atoms with Crippen LogP contribution in [0.5, 0.6) is 0 Å². The first kappa shape index (κ1) is 7.18. The lowest BCUT2D eigenvalue weighted by Crippen LogP contribution is -1.99. The van der Waals surface area contributed by atoms with E-state index in [2.05, 4.69) is 41.2 Å². The van der Waals surface area contributed by atoms with E-state index in [-0.39, 0.29) is 0 Å². The van der Waals surface area contributed by atoms with Crippen LogP contribution < -0.4 is 0 Å². The fraction of sp³-hybridized carbons (Fsp3) is 1.00. The van der Waals surface area contributed by atoms with Gasteiger partial charge in [-0.3, -0.25) is 0 Å². The maximum absolute atomic E-state index is 4.11. The predicted octanol–water partition coefficient (Wildman–Crippen LogP) is 1.61. The van der Waals surface area contributed by atoms with Gasteiger partial charge in [-0.25, -0.2) is 0 Å². The first-order valence-corrected chi connectivity index (χ1v) is 3.93. The molecular weight excluding hydrogens is 180 g/mol. The molecule has 0 heterocycles. The molecule has 1 unspecified atom stereocenters. The molecule has 0 N–H and O–H groups in total. The van der Waals surface area contributed by atoms with Crippen molar-refractivity contribution in [1.82, 2.24) is 0 Å². The van der Waals surface area contributed by atoms with Crippen molar-refractivity contribution in [3.8, 4) is 0 Å². The summed E-state index contributed by atoms with van der Waals surface area (Å²) in [5.41, 5.74) is 0. The van der Waals surface area contributed by atoms with Gasteiger partial charge in [0.2, 0.25) is 0 Å². The molecule has 0 bridgehead atoms. The highest BCUT2D eigenvalue weighted by Gasteiger charge is 1.92. The van der Waals surface area contributed by atoms with Gasteiger partial charge in [-0.15, -0.1) is 0 Å². The van der Waals surface area contributed by atoms with E-state index >= 15 is 0 Å². The SMILES string of the molecule is SCC(S)CBr. The van der Waals surface area contributed by atoms with Crippen LogP contribution in [-0.2, 0) is 0 Å². The van der Waals surface area contributed by atoms with Crippen LogP contribution in [0.4, 0.5) is 0 Å². The Kier molecular flexibility index (Phi) is 5.20. The molecular formula is C3H7BrS2. The normalized spacial score (nSPS) is 14.5. The second kappa shape index (κ2) is 4.34. The van der Waals surface area contributed by atoms with Crippen LogP contribution in [0.1, 0.15) is 0 Å². The molecule has 0 aliphatic heterocycles. The van der Waals surface area contributed by atoms with Crippen molar-refractivity contribution in [2.24, 2.45) is 0 Å². The molecule has 0 radical (unpaired) electrons. The summed E-state index contributed by atoms with van der Waals surface area (Å²) >= 11 is 11.3. The highest BCUT2D eigenvalue weighted by Crippen LogP contribution is 1.99. The van der Waals surface area contributed by atoms with Gasteiger partial charge in [0.1, 0.15) is 0 Å². The van der Waals surface area contributed by atoms with Crippen molar-refractivity contribution in [2.75, 3.05) is 11.1 Å². The van der Waals surface area contributed by atoms with Crippen LogP contribution in [0.25, 0.3) is 0 Å². The molecule has 1 atom stereocenters. The minimum Gasteiger partial charge on any atom is -0.178 e. The number of alkyl halides is 1. The second-order valence-electron chi connectivity index (χ2n) is 0.991. The second-order valence-corrected chi connectivity index (χ2v) is 2.73. The third kappa shape index (κ3) is 3.37. The van der Waals surface area contributed by atoms with E-state index in [1.165, 1.54) is 0 Å². The Morgan fingerprint density at radius 1 is 1.67 bits per heavy atom. The van der Waals surface area contributed by atoms with Gasteiger partial charge >= 0.3 is 0 Å². The zero-order valence-electron chi connectivity index (χ0n) is 3.26. The summed E-state index contributed by atoms with van der Waals surface area (Å²) in [6, 6.07) is 0. The zero-order valence-corrected chi connectivity index (χ0v) is 6.64. The number of hydrogen-bond donors (Lipinski definition) is 2. The summed E-state index contributed by atoms with van der Waals surface area (Å²) in [5.74, 6) is 0.842. The van der Waals surface area contributed by atoms with Gasteiger partial charge in [-0.1, -0.05) is 15.9 Å². The van der Waals surface area contributed by atoms with Crippen LogP contribution in [-0.4, -0.2) is 16.3 Å². The Labute approximate surface area is 57.6 Å². The number of hydrogen-bond acceptors (Lipinski definition) is 2. The van der Waals surface area contributed by atoms with Crippen molar-refractivity contribution in [2.45, 2.75) is 5.25 Å². The Bertz CT molecular complexity index is 28.0. The van der Waals surface area contributed by atoms with E-state index in [4.69, 9.17) is 0 Å². The minimum atomic E-state index is 0.410. The molecule has 0 saturated carbocycles. The molecule has 0 amide bonds. The van der Waals surface area contributed by atoms with Crippen molar-refractivity contribution < 1.29 is 0 Å². The minimum absolute atomic E-state index is 0.410. The van der Waals surface area contributed by atoms with E-state index in [9.17, 15) is 0 Å². The van der Waals surface area contributed by atoms with Gasteiger partial charge < -0.3 is 0 Å². The lowest BCUT2D eigenvalue weighted by atomic mass is 10.6. The van der Waals surface area contributed by atoms with Crippen molar-refractivity contribution in [1.29, 1.82) is 0 Å². The molecule has 6 heavy (non-hydrogen) atoms. The Morgan fingerprint density at radius 3 is 2.17 bits per heavy atom. The number of halogens is 1. The maximum atomic E-state index is 4.11. The number of rotatable bonds is 2. The molecule has 3 heteroatoms. The average Bonchev–Trinajstić information content (AvgIpc) is 1.65. The molecule has 0 aromatic rings. The summed E-state index contributed by atoms with van der Waals surface area (Å²) in [4.78, 5) is 0. The lowest BCUT2D eigenvalue weighted by Gasteiger charge is -1.95. The molecule has 0 saturated heterocycles. The van der Waals surface area contributed by atoms with Gasteiger partial charge in [0.25, 0.3) is 0 Å². The Hall–Kier alpha value is 1.18. The first-order chi connectivity index (χ1) is 2.81.